The van der Waals surface area contributed by atoms with Crippen LogP contribution in [-0.4, -0.2) is 49.7 Å². The Hall–Kier alpha value is -2.14. The molecule has 0 aliphatic carbocycles. The lowest BCUT2D eigenvalue weighted by Crippen LogP contribution is -2.36. The molecular weight excluding hydrogens is 306 g/mol. The minimum absolute atomic E-state index is 0.152. The molecule has 0 saturated carbocycles. The number of rotatable bonds is 8. The van der Waals surface area contributed by atoms with Gasteiger partial charge in [0.15, 0.2) is 0 Å². The molecule has 0 fully saturated rings. The van der Waals surface area contributed by atoms with Gasteiger partial charge in [0.1, 0.15) is 0 Å². The number of ether oxygens (including phenoxy) is 2. The molecule has 5 nitrogen and oxygen atoms in total. The number of carbonyl (C=O) groups is 2. The van der Waals surface area contributed by atoms with Crippen molar-refractivity contribution < 1.29 is 19.1 Å². The molecule has 1 aromatic carbocycles. The van der Waals surface area contributed by atoms with E-state index in [-0.39, 0.29) is 24.5 Å². The number of carbonyl (C=O) groups excluding carboxylic acids is 2. The van der Waals surface area contributed by atoms with Crippen molar-refractivity contribution in [2.75, 3.05) is 26.8 Å². The van der Waals surface area contributed by atoms with E-state index >= 15 is 0 Å². The van der Waals surface area contributed by atoms with Gasteiger partial charge in [-0.1, -0.05) is 30.3 Å². The van der Waals surface area contributed by atoms with E-state index in [2.05, 4.69) is 0 Å². The van der Waals surface area contributed by atoms with Crippen LogP contribution in [0.1, 0.15) is 33.3 Å². The van der Waals surface area contributed by atoms with Crippen molar-refractivity contribution in [2.24, 2.45) is 0 Å². The van der Waals surface area contributed by atoms with Crippen molar-refractivity contribution in [1.29, 1.82) is 0 Å². The van der Waals surface area contributed by atoms with Gasteiger partial charge in [-0.3, -0.25) is 9.69 Å². The fourth-order valence-corrected chi connectivity index (χ4v) is 2.51. The summed E-state index contributed by atoms with van der Waals surface area (Å²) in [4.78, 5) is 25.8. The molecule has 1 atom stereocenters. The Kier molecular flexibility index (Phi) is 8.19. The SMILES string of the molecule is CCOC(=O)CN(C)C(C)C(=C(C)C(=O)OCC)c1ccccc1. The Morgan fingerprint density at radius 3 is 2.21 bits per heavy atom. The van der Waals surface area contributed by atoms with Gasteiger partial charge in [-0.15, -0.1) is 0 Å². The molecule has 0 aliphatic rings. The standard InChI is InChI=1S/C19H27NO4/c1-6-23-17(21)13-20(5)15(4)18(14(3)19(22)24-7-2)16-11-9-8-10-12-16/h8-12,15H,6-7,13H2,1-5H3. The van der Waals surface area contributed by atoms with Crippen LogP contribution in [0.4, 0.5) is 0 Å². The van der Waals surface area contributed by atoms with E-state index in [0.717, 1.165) is 11.1 Å². The third kappa shape index (κ3) is 5.49. The maximum absolute atomic E-state index is 12.2. The Morgan fingerprint density at radius 2 is 1.67 bits per heavy atom. The lowest BCUT2D eigenvalue weighted by atomic mass is 9.94. The average molecular weight is 333 g/mol. The van der Waals surface area contributed by atoms with Gasteiger partial charge in [0.2, 0.25) is 0 Å². The van der Waals surface area contributed by atoms with E-state index in [9.17, 15) is 9.59 Å². The molecule has 24 heavy (non-hydrogen) atoms. The van der Waals surface area contributed by atoms with Gasteiger partial charge in [0.25, 0.3) is 0 Å². The highest BCUT2D eigenvalue weighted by molar-refractivity contribution is 5.98. The molecule has 0 N–H and O–H groups in total. The number of esters is 2. The van der Waals surface area contributed by atoms with Crippen molar-refractivity contribution >= 4 is 17.5 Å². The molecule has 1 aromatic rings. The lowest BCUT2D eigenvalue weighted by molar-refractivity contribution is -0.144. The zero-order valence-corrected chi connectivity index (χ0v) is 15.2. The van der Waals surface area contributed by atoms with E-state index in [4.69, 9.17) is 9.47 Å². The molecule has 1 rings (SSSR count). The zero-order valence-electron chi connectivity index (χ0n) is 15.2. The minimum atomic E-state index is -0.340. The normalized spacial score (nSPS) is 13.2. The molecule has 0 bridgehead atoms. The first-order valence-corrected chi connectivity index (χ1v) is 8.21. The summed E-state index contributed by atoms with van der Waals surface area (Å²) < 4.78 is 10.2. The first-order chi connectivity index (χ1) is 11.4. The highest BCUT2D eigenvalue weighted by atomic mass is 16.5. The maximum Gasteiger partial charge on any atom is 0.334 e. The van der Waals surface area contributed by atoms with E-state index < -0.39 is 0 Å². The van der Waals surface area contributed by atoms with Crippen LogP contribution < -0.4 is 0 Å². The number of hydrogen-bond donors (Lipinski definition) is 0. The van der Waals surface area contributed by atoms with Crippen LogP contribution in [0.25, 0.3) is 5.57 Å². The van der Waals surface area contributed by atoms with Gasteiger partial charge in [0, 0.05) is 11.6 Å². The monoisotopic (exact) mass is 333 g/mol. The van der Waals surface area contributed by atoms with Gasteiger partial charge in [0.05, 0.1) is 19.8 Å². The van der Waals surface area contributed by atoms with Crippen LogP contribution in [0.15, 0.2) is 35.9 Å². The Balaban J connectivity index is 3.16. The molecule has 0 heterocycles. The number of hydrogen-bond acceptors (Lipinski definition) is 5. The van der Waals surface area contributed by atoms with E-state index in [1.165, 1.54) is 0 Å². The molecule has 0 aromatic heterocycles. The largest absolute Gasteiger partial charge is 0.465 e. The second-order valence-corrected chi connectivity index (χ2v) is 5.52. The average Bonchev–Trinajstić information content (AvgIpc) is 2.56. The number of benzene rings is 1. The van der Waals surface area contributed by atoms with Gasteiger partial charge in [-0.05, 0) is 45.9 Å². The molecule has 0 saturated heterocycles. The van der Waals surface area contributed by atoms with E-state index in [1.54, 1.807) is 20.8 Å². The first kappa shape index (κ1) is 19.9. The van der Waals surface area contributed by atoms with Crippen molar-refractivity contribution in [3.05, 3.63) is 41.5 Å². The van der Waals surface area contributed by atoms with Gasteiger partial charge >= 0.3 is 11.9 Å². The van der Waals surface area contributed by atoms with E-state index in [1.807, 2.05) is 49.2 Å². The molecule has 1 unspecified atom stereocenters. The summed E-state index contributed by atoms with van der Waals surface area (Å²) in [5.74, 6) is -0.624. The molecule has 0 radical (unpaired) electrons. The van der Waals surface area contributed by atoms with Gasteiger partial charge in [-0.2, -0.15) is 0 Å². The molecular formula is C19H27NO4. The van der Waals surface area contributed by atoms with E-state index in [0.29, 0.717) is 18.8 Å². The molecule has 132 valence electrons. The van der Waals surface area contributed by atoms with Gasteiger partial charge in [-0.25, -0.2) is 4.79 Å². The minimum Gasteiger partial charge on any atom is -0.465 e. The lowest BCUT2D eigenvalue weighted by Gasteiger charge is -2.28. The molecule has 0 aliphatic heterocycles. The predicted molar refractivity (Wildman–Crippen MR) is 94.4 cm³/mol. The molecule has 5 heteroatoms. The summed E-state index contributed by atoms with van der Waals surface area (Å²) in [6.45, 7) is 8.11. The summed E-state index contributed by atoms with van der Waals surface area (Å²) in [5, 5.41) is 0. The summed E-state index contributed by atoms with van der Waals surface area (Å²) >= 11 is 0. The summed E-state index contributed by atoms with van der Waals surface area (Å²) in [7, 11) is 1.84. The zero-order chi connectivity index (χ0) is 18.1. The maximum atomic E-state index is 12.2. The fourth-order valence-electron chi connectivity index (χ4n) is 2.51. The van der Waals surface area contributed by atoms with Crippen LogP contribution in [0, 0.1) is 0 Å². The summed E-state index contributed by atoms with van der Waals surface area (Å²) in [6, 6.07) is 9.52. The molecule has 0 amide bonds. The Morgan fingerprint density at radius 1 is 1.08 bits per heavy atom. The Labute approximate surface area is 144 Å². The first-order valence-electron chi connectivity index (χ1n) is 8.21. The highest BCUT2D eigenvalue weighted by Gasteiger charge is 2.23. The quantitative estimate of drug-likeness (QED) is 0.541. The third-order valence-corrected chi connectivity index (χ3v) is 3.83. The van der Waals surface area contributed by atoms with Crippen molar-refractivity contribution in [1.82, 2.24) is 4.90 Å². The molecule has 0 spiro atoms. The Bertz CT molecular complexity index is 580. The summed E-state index contributed by atoms with van der Waals surface area (Å²) in [5.41, 5.74) is 2.33. The van der Waals surface area contributed by atoms with Crippen LogP contribution in [0.5, 0.6) is 0 Å². The summed E-state index contributed by atoms with van der Waals surface area (Å²) in [6.07, 6.45) is 0. The predicted octanol–water partition coefficient (Wildman–Crippen LogP) is 2.91. The van der Waals surface area contributed by atoms with Crippen LogP contribution in [0.3, 0.4) is 0 Å². The topological polar surface area (TPSA) is 55.8 Å². The van der Waals surface area contributed by atoms with Crippen molar-refractivity contribution in [2.45, 2.75) is 33.7 Å². The second kappa shape index (κ2) is 9.88. The number of likely N-dealkylation sites (N-methyl/N-ethyl adjacent to an activating group) is 1. The third-order valence-electron chi connectivity index (χ3n) is 3.83. The highest BCUT2D eigenvalue weighted by Crippen LogP contribution is 2.26. The van der Waals surface area contributed by atoms with Crippen molar-refractivity contribution in [3.8, 4) is 0 Å². The second-order valence-electron chi connectivity index (χ2n) is 5.52. The van der Waals surface area contributed by atoms with Crippen molar-refractivity contribution in [3.63, 3.8) is 0 Å². The smallest absolute Gasteiger partial charge is 0.334 e. The van der Waals surface area contributed by atoms with Crippen LogP contribution in [-0.2, 0) is 19.1 Å². The van der Waals surface area contributed by atoms with Crippen LogP contribution in [0.2, 0.25) is 0 Å². The fraction of sp³-hybridized carbons (Fsp3) is 0.474. The van der Waals surface area contributed by atoms with Crippen LogP contribution >= 0.6 is 0 Å². The van der Waals surface area contributed by atoms with Gasteiger partial charge < -0.3 is 9.47 Å². The number of nitrogens with zero attached hydrogens (tertiary/aromatic N) is 1.